The highest BCUT2D eigenvalue weighted by molar-refractivity contribution is 5.95. The van der Waals surface area contributed by atoms with Crippen LogP contribution in [-0.4, -0.2) is 19.1 Å². The lowest BCUT2D eigenvalue weighted by atomic mass is 10.1. The largest absolute Gasteiger partial charge is 0.490 e. The van der Waals surface area contributed by atoms with Crippen molar-refractivity contribution in [2.45, 2.75) is 33.9 Å². The van der Waals surface area contributed by atoms with Crippen molar-refractivity contribution < 1.29 is 14.3 Å². The van der Waals surface area contributed by atoms with Gasteiger partial charge in [0.05, 0.1) is 6.61 Å². The molecule has 0 saturated heterocycles. The number of hydrogen-bond donors (Lipinski definition) is 2. The Morgan fingerprint density at radius 2 is 1.69 bits per heavy atom. The number of hydrogen-bond acceptors (Lipinski definition) is 4. The van der Waals surface area contributed by atoms with Crippen LogP contribution < -0.4 is 20.1 Å². The molecular formula is C27H32N2O3. The zero-order valence-corrected chi connectivity index (χ0v) is 19.1. The van der Waals surface area contributed by atoms with E-state index >= 15 is 0 Å². The van der Waals surface area contributed by atoms with Crippen LogP contribution in [0.1, 0.15) is 42.3 Å². The summed E-state index contributed by atoms with van der Waals surface area (Å²) in [5.41, 5.74) is 3.72. The zero-order chi connectivity index (χ0) is 22.8. The van der Waals surface area contributed by atoms with E-state index in [0.717, 1.165) is 28.3 Å². The van der Waals surface area contributed by atoms with Gasteiger partial charge in [-0.25, -0.2) is 0 Å². The quantitative estimate of drug-likeness (QED) is 0.410. The number of rotatable bonds is 11. The van der Waals surface area contributed by atoms with Gasteiger partial charge in [0.2, 0.25) is 0 Å². The van der Waals surface area contributed by atoms with E-state index in [1.54, 1.807) is 0 Å². The van der Waals surface area contributed by atoms with E-state index in [-0.39, 0.29) is 5.91 Å². The van der Waals surface area contributed by atoms with Crippen LogP contribution in [0.15, 0.2) is 72.8 Å². The predicted molar refractivity (Wildman–Crippen MR) is 129 cm³/mol. The van der Waals surface area contributed by atoms with Crippen LogP contribution in [-0.2, 0) is 13.2 Å². The molecule has 5 nitrogen and oxygen atoms in total. The van der Waals surface area contributed by atoms with E-state index < -0.39 is 0 Å². The fraction of sp³-hybridized carbons (Fsp3) is 0.296. The lowest BCUT2D eigenvalue weighted by molar-refractivity contribution is 0.0949. The smallest absolute Gasteiger partial charge is 0.251 e. The molecule has 0 atom stereocenters. The molecule has 3 rings (SSSR count). The highest BCUT2D eigenvalue weighted by Gasteiger charge is 2.09. The van der Waals surface area contributed by atoms with Crippen LogP contribution in [0.3, 0.4) is 0 Å². The van der Waals surface area contributed by atoms with Gasteiger partial charge >= 0.3 is 0 Å². The third-order valence-corrected chi connectivity index (χ3v) is 4.84. The van der Waals surface area contributed by atoms with Gasteiger partial charge in [-0.1, -0.05) is 56.3 Å². The van der Waals surface area contributed by atoms with E-state index in [4.69, 9.17) is 9.47 Å². The summed E-state index contributed by atoms with van der Waals surface area (Å²) in [5.74, 6) is 1.81. The number of nitrogens with one attached hydrogen (secondary N) is 2. The molecule has 0 heterocycles. The molecule has 0 saturated carbocycles. The first-order chi connectivity index (χ1) is 15.5. The minimum Gasteiger partial charge on any atom is -0.490 e. The second-order valence-corrected chi connectivity index (χ2v) is 8.03. The second-order valence-electron chi connectivity index (χ2n) is 8.03. The molecule has 0 aliphatic rings. The average Bonchev–Trinajstić information content (AvgIpc) is 2.81. The van der Waals surface area contributed by atoms with Crippen molar-refractivity contribution in [3.8, 4) is 11.5 Å². The summed E-state index contributed by atoms with van der Waals surface area (Å²) in [4.78, 5) is 12.3. The fourth-order valence-corrected chi connectivity index (χ4v) is 3.16. The SMILES string of the molecule is CCOc1cc(CNc2cccc(C(=O)NCC(C)C)c2)ccc1OCc1ccccc1. The molecule has 168 valence electrons. The summed E-state index contributed by atoms with van der Waals surface area (Å²) >= 11 is 0. The van der Waals surface area contributed by atoms with Crippen LogP contribution in [0.25, 0.3) is 0 Å². The molecule has 0 spiro atoms. The van der Waals surface area contributed by atoms with Gasteiger partial charge in [-0.2, -0.15) is 0 Å². The Labute approximate surface area is 190 Å². The van der Waals surface area contributed by atoms with Crippen molar-refractivity contribution in [3.05, 3.63) is 89.5 Å². The van der Waals surface area contributed by atoms with Crippen LogP contribution in [0, 0.1) is 5.92 Å². The molecule has 2 N–H and O–H groups in total. The summed E-state index contributed by atoms with van der Waals surface area (Å²) in [5, 5.41) is 6.35. The van der Waals surface area contributed by atoms with Crippen molar-refractivity contribution in [1.82, 2.24) is 5.32 Å². The number of carbonyl (C=O) groups excluding carboxylic acids is 1. The zero-order valence-electron chi connectivity index (χ0n) is 19.1. The van der Waals surface area contributed by atoms with Crippen LogP contribution in [0.4, 0.5) is 5.69 Å². The van der Waals surface area contributed by atoms with Gasteiger partial charge in [0, 0.05) is 24.3 Å². The Kier molecular flexibility index (Phi) is 8.55. The maximum absolute atomic E-state index is 12.3. The van der Waals surface area contributed by atoms with Crippen LogP contribution in [0.2, 0.25) is 0 Å². The van der Waals surface area contributed by atoms with Crippen molar-refractivity contribution in [2.24, 2.45) is 5.92 Å². The summed E-state index contributed by atoms with van der Waals surface area (Å²) in [6.07, 6.45) is 0. The highest BCUT2D eigenvalue weighted by atomic mass is 16.5. The highest BCUT2D eigenvalue weighted by Crippen LogP contribution is 2.29. The number of ether oxygens (including phenoxy) is 2. The molecule has 0 aliphatic carbocycles. The van der Waals surface area contributed by atoms with Crippen molar-refractivity contribution in [3.63, 3.8) is 0 Å². The molecule has 3 aromatic carbocycles. The third kappa shape index (κ3) is 7.05. The number of carbonyl (C=O) groups is 1. The summed E-state index contributed by atoms with van der Waals surface area (Å²) in [6.45, 7) is 8.43. The minimum atomic E-state index is -0.0547. The van der Waals surface area contributed by atoms with E-state index in [1.807, 2.05) is 79.7 Å². The van der Waals surface area contributed by atoms with Crippen molar-refractivity contribution >= 4 is 11.6 Å². The number of amides is 1. The number of benzene rings is 3. The average molecular weight is 433 g/mol. The number of anilines is 1. The standard InChI is InChI=1S/C27H32N2O3/c1-4-31-26-15-22(13-14-25(26)32-19-21-9-6-5-7-10-21)18-28-24-12-8-11-23(16-24)27(30)29-17-20(2)3/h5-16,20,28H,4,17-19H2,1-3H3,(H,29,30). The van der Waals surface area contributed by atoms with Gasteiger partial charge < -0.3 is 20.1 Å². The molecule has 0 unspecified atom stereocenters. The minimum absolute atomic E-state index is 0.0547. The molecular weight excluding hydrogens is 400 g/mol. The molecule has 3 aromatic rings. The first kappa shape index (κ1) is 23.2. The van der Waals surface area contributed by atoms with Gasteiger partial charge in [-0.05, 0) is 54.3 Å². The summed E-state index contributed by atoms with van der Waals surface area (Å²) in [7, 11) is 0. The Morgan fingerprint density at radius 3 is 2.44 bits per heavy atom. The molecule has 32 heavy (non-hydrogen) atoms. The molecule has 5 heteroatoms. The van der Waals surface area contributed by atoms with Crippen molar-refractivity contribution in [2.75, 3.05) is 18.5 Å². The van der Waals surface area contributed by atoms with Gasteiger partial charge in [0.1, 0.15) is 6.61 Å². The monoisotopic (exact) mass is 432 g/mol. The first-order valence-electron chi connectivity index (χ1n) is 11.1. The Balaban J connectivity index is 1.63. The molecule has 0 aromatic heterocycles. The van der Waals surface area contributed by atoms with Gasteiger partial charge in [0.25, 0.3) is 5.91 Å². The maximum Gasteiger partial charge on any atom is 0.251 e. The van der Waals surface area contributed by atoms with Crippen LogP contribution >= 0.6 is 0 Å². The second kappa shape index (κ2) is 11.8. The van der Waals surface area contributed by atoms with Gasteiger partial charge in [0.15, 0.2) is 11.5 Å². The van der Waals surface area contributed by atoms with Gasteiger partial charge in [-0.3, -0.25) is 4.79 Å². The topological polar surface area (TPSA) is 59.6 Å². The van der Waals surface area contributed by atoms with E-state index in [1.165, 1.54) is 0 Å². The Bertz CT molecular complexity index is 1000. The molecule has 1 amide bonds. The Morgan fingerprint density at radius 1 is 0.875 bits per heavy atom. The van der Waals surface area contributed by atoms with E-state index in [9.17, 15) is 4.79 Å². The van der Waals surface area contributed by atoms with E-state index in [0.29, 0.717) is 37.8 Å². The predicted octanol–water partition coefficient (Wildman–Crippen LogP) is 5.66. The molecule has 0 bridgehead atoms. The normalized spacial score (nSPS) is 10.6. The summed E-state index contributed by atoms with van der Waals surface area (Å²) < 4.78 is 11.8. The third-order valence-electron chi connectivity index (χ3n) is 4.84. The fourth-order valence-electron chi connectivity index (χ4n) is 3.16. The summed E-state index contributed by atoms with van der Waals surface area (Å²) in [6, 6.07) is 23.6. The first-order valence-corrected chi connectivity index (χ1v) is 11.1. The lowest BCUT2D eigenvalue weighted by Gasteiger charge is -2.14. The molecule has 0 radical (unpaired) electrons. The Hall–Kier alpha value is -3.47. The van der Waals surface area contributed by atoms with E-state index in [2.05, 4.69) is 24.5 Å². The lowest BCUT2D eigenvalue weighted by Crippen LogP contribution is -2.27. The molecule has 0 fully saturated rings. The van der Waals surface area contributed by atoms with Crippen molar-refractivity contribution in [1.29, 1.82) is 0 Å². The molecule has 0 aliphatic heterocycles. The van der Waals surface area contributed by atoms with Crippen LogP contribution in [0.5, 0.6) is 11.5 Å². The maximum atomic E-state index is 12.3. The van der Waals surface area contributed by atoms with Gasteiger partial charge in [-0.15, -0.1) is 0 Å².